The van der Waals surface area contributed by atoms with Crippen molar-refractivity contribution in [3.8, 4) is 0 Å². The second-order valence-electron chi connectivity index (χ2n) is 3.57. The van der Waals surface area contributed by atoms with Gasteiger partial charge in [-0.05, 0) is 25.7 Å². The number of amides is 1. The van der Waals surface area contributed by atoms with Gasteiger partial charge in [-0.15, -0.1) is 0 Å². The van der Waals surface area contributed by atoms with Crippen LogP contribution >= 0.6 is 22.6 Å². The van der Waals surface area contributed by atoms with Crippen molar-refractivity contribution in [3.05, 3.63) is 0 Å². The fraction of sp³-hybridized carbons (Fsp3) is 0.900. The highest BCUT2D eigenvalue weighted by atomic mass is 127. The molecule has 0 aromatic rings. The van der Waals surface area contributed by atoms with E-state index >= 15 is 0 Å². The number of halogens is 1. The van der Waals surface area contributed by atoms with E-state index in [1.807, 2.05) is 0 Å². The van der Waals surface area contributed by atoms with Crippen molar-refractivity contribution in [2.45, 2.75) is 38.2 Å². The second kappa shape index (κ2) is 7.45. The van der Waals surface area contributed by atoms with Gasteiger partial charge < -0.3 is 10.1 Å². The molecule has 1 N–H and O–H groups in total. The molecule has 0 aliphatic carbocycles. The van der Waals surface area contributed by atoms with Gasteiger partial charge in [-0.3, -0.25) is 4.79 Å². The lowest BCUT2D eigenvalue weighted by Gasteiger charge is -2.08. The van der Waals surface area contributed by atoms with Crippen LogP contribution in [0.5, 0.6) is 0 Å². The van der Waals surface area contributed by atoms with Gasteiger partial charge in [0, 0.05) is 24.0 Å². The first-order valence-corrected chi connectivity index (χ1v) is 6.79. The number of nitrogens with one attached hydrogen (secondary N) is 1. The number of carbonyl (C=O) groups is 1. The molecule has 1 aliphatic heterocycles. The molecule has 1 aliphatic rings. The van der Waals surface area contributed by atoms with Gasteiger partial charge in [0.05, 0.1) is 6.10 Å². The third kappa shape index (κ3) is 5.14. The highest BCUT2D eigenvalue weighted by Crippen LogP contribution is 2.16. The summed E-state index contributed by atoms with van der Waals surface area (Å²) in [6.45, 7) is 1.69. The summed E-state index contributed by atoms with van der Waals surface area (Å²) in [5.74, 6) is 0.172. The zero-order chi connectivity index (χ0) is 10.2. The Kier molecular flexibility index (Phi) is 6.51. The van der Waals surface area contributed by atoms with Crippen molar-refractivity contribution in [1.82, 2.24) is 5.32 Å². The van der Waals surface area contributed by atoms with Crippen LogP contribution in [0.2, 0.25) is 0 Å². The van der Waals surface area contributed by atoms with Crippen LogP contribution in [0, 0.1) is 0 Å². The molecule has 3 nitrogen and oxygen atoms in total. The minimum absolute atomic E-state index is 0.172. The number of alkyl halides is 1. The maximum absolute atomic E-state index is 11.3. The number of ether oxygens (including phenoxy) is 1. The van der Waals surface area contributed by atoms with E-state index < -0.39 is 0 Å². The Hall–Kier alpha value is 0.160. The molecule has 82 valence electrons. The Morgan fingerprint density at radius 1 is 1.57 bits per heavy atom. The minimum atomic E-state index is 0.172. The lowest BCUT2D eigenvalue weighted by atomic mass is 10.1. The van der Waals surface area contributed by atoms with E-state index in [1.54, 1.807) is 0 Å². The zero-order valence-electron chi connectivity index (χ0n) is 8.43. The molecule has 0 spiro atoms. The molecule has 14 heavy (non-hydrogen) atoms. The van der Waals surface area contributed by atoms with Crippen molar-refractivity contribution in [3.63, 3.8) is 0 Å². The van der Waals surface area contributed by atoms with E-state index in [0.717, 1.165) is 43.3 Å². The van der Waals surface area contributed by atoms with Gasteiger partial charge in [0.2, 0.25) is 5.91 Å². The molecule has 1 amide bonds. The van der Waals surface area contributed by atoms with Crippen LogP contribution in [0.1, 0.15) is 32.1 Å². The van der Waals surface area contributed by atoms with Gasteiger partial charge in [-0.25, -0.2) is 0 Å². The molecular formula is C10H18INO2. The quantitative estimate of drug-likeness (QED) is 0.462. The van der Waals surface area contributed by atoms with Crippen molar-refractivity contribution < 1.29 is 9.53 Å². The average Bonchev–Trinajstić information content (AvgIpc) is 2.68. The van der Waals surface area contributed by atoms with Gasteiger partial charge in [-0.1, -0.05) is 22.6 Å². The summed E-state index contributed by atoms with van der Waals surface area (Å²) < 4.78 is 6.55. The van der Waals surface area contributed by atoms with E-state index in [2.05, 4.69) is 27.9 Å². The highest BCUT2D eigenvalue weighted by Gasteiger charge is 2.16. The van der Waals surface area contributed by atoms with Crippen LogP contribution < -0.4 is 5.32 Å². The second-order valence-corrected chi connectivity index (χ2v) is 4.64. The van der Waals surface area contributed by atoms with Crippen LogP contribution in [0.25, 0.3) is 0 Å². The van der Waals surface area contributed by atoms with Crippen LogP contribution in [-0.2, 0) is 9.53 Å². The van der Waals surface area contributed by atoms with Crippen LogP contribution in [-0.4, -0.2) is 29.6 Å². The van der Waals surface area contributed by atoms with Crippen molar-refractivity contribution in [2.75, 3.05) is 17.6 Å². The normalized spacial score (nSPS) is 21.1. The van der Waals surface area contributed by atoms with E-state index in [0.29, 0.717) is 12.5 Å². The molecule has 1 heterocycles. The molecule has 0 aromatic carbocycles. The molecule has 1 fully saturated rings. The van der Waals surface area contributed by atoms with Crippen molar-refractivity contribution >= 4 is 28.5 Å². The summed E-state index contributed by atoms with van der Waals surface area (Å²) in [7, 11) is 0. The first-order valence-electron chi connectivity index (χ1n) is 5.27. The number of hydrogen-bond donors (Lipinski definition) is 1. The molecule has 1 saturated heterocycles. The van der Waals surface area contributed by atoms with Crippen LogP contribution in [0.4, 0.5) is 0 Å². The third-order valence-electron chi connectivity index (χ3n) is 2.35. The molecule has 0 radical (unpaired) electrons. The Balaban J connectivity index is 1.96. The fourth-order valence-electron chi connectivity index (χ4n) is 1.55. The molecule has 0 saturated carbocycles. The number of carbonyl (C=O) groups excluding carboxylic acids is 1. The first-order chi connectivity index (χ1) is 6.83. The average molecular weight is 311 g/mol. The summed E-state index contributed by atoms with van der Waals surface area (Å²) in [5.41, 5.74) is 0. The predicted molar refractivity (Wildman–Crippen MR) is 64.7 cm³/mol. The van der Waals surface area contributed by atoms with Crippen LogP contribution in [0.15, 0.2) is 0 Å². The largest absolute Gasteiger partial charge is 0.378 e. The summed E-state index contributed by atoms with van der Waals surface area (Å²) in [4.78, 5) is 11.3. The topological polar surface area (TPSA) is 38.3 Å². The standard InChI is InChI=1S/C10H18INO2/c11-6-2-7-12-10(13)5-4-9-3-1-8-14-9/h9H,1-8H2,(H,12,13). The summed E-state index contributed by atoms with van der Waals surface area (Å²) in [5, 5.41) is 2.91. The molecule has 1 unspecified atom stereocenters. The monoisotopic (exact) mass is 311 g/mol. The predicted octanol–water partition coefficient (Wildman–Crippen LogP) is 1.89. The van der Waals surface area contributed by atoms with Gasteiger partial charge in [0.25, 0.3) is 0 Å². The third-order valence-corrected chi connectivity index (χ3v) is 3.11. The SMILES string of the molecule is O=C(CCC1CCCO1)NCCCI. The maximum Gasteiger partial charge on any atom is 0.220 e. The maximum atomic E-state index is 11.3. The summed E-state index contributed by atoms with van der Waals surface area (Å²) >= 11 is 2.32. The summed E-state index contributed by atoms with van der Waals surface area (Å²) in [6, 6.07) is 0. The van der Waals surface area contributed by atoms with Crippen molar-refractivity contribution in [1.29, 1.82) is 0 Å². The van der Waals surface area contributed by atoms with E-state index in [-0.39, 0.29) is 5.91 Å². The Morgan fingerprint density at radius 2 is 2.43 bits per heavy atom. The molecule has 4 heteroatoms. The fourth-order valence-corrected chi connectivity index (χ4v) is 1.93. The van der Waals surface area contributed by atoms with E-state index in [4.69, 9.17) is 4.74 Å². The van der Waals surface area contributed by atoms with E-state index in [1.165, 1.54) is 0 Å². The number of rotatable bonds is 6. The van der Waals surface area contributed by atoms with Crippen molar-refractivity contribution in [2.24, 2.45) is 0 Å². The van der Waals surface area contributed by atoms with Gasteiger partial charge in [-0.2, -0.15) is 0 Å². The molecule has 0 aromatic heterocycles. The Bertz CT molecular complexity index is 170. The highest BCUT2D eigenvalue weighted by molar-refractivity contribution is 14.1. The molecular weight excluding hydrogens is 293 g/mol. The lowest BCUT2D eigenvalue weighted by Crippen LogP contribution is -2.25. The number of hydrogen-bond acceptors (Lipinski definition) is 2. The van der Waals surface area contributed by atoms with Gasteiger partial charge in [0.1, 0.15) is 0 Å². The molecule has 1 atom stereocenters. The first kappa shape index (κ1) is 12.2. The van der Waals surface area contributed by atoms with Crippen LogP contribution in [0.3, 0.4) is 0 Å². The zero-order valence-corrected chi connectivity index (χ0v) is 10.6. The molecule has 1 rings (SSSR count). The van der Waals surface area contributed by atoms with Gasteiger partial charge in [0.15, 0.2) is 0 Å². The smallest absolute Gasteiger partial charge is 0.220 e. The molecule has 0 bridgehead atoms. The van der Waals surface area contributed by atoms with E-state index in [9.17, 15) is 4.79 Å². The Labute approximate surface area is 99.1 Å². The minimum Gasteiger partial charge on any atom is -0.378 e. The summed E-state index contributed by atoms with van der Waals surface area (Å²) in [6.07, 6.45) is 5.18. The van der Waals surface area contributed by atoms with Gasteiger partial charge >= 0.3 is 0 Å². The lowest BCUT2D eigenvalue weighted by molar-refractivity contribution is -0.121. The Morgan fingerprint density at radius 3 is 3.07 bits per heavy atom.